The van der Waals surface area contributed by atoms with Crippen LogP contribution in [0.25, 0.3) is 0 Å². The van der Waals surface area contributed by atoms with Crippen LogP contribution < -0.4 is 5.32 Å². The maximum atomic E-state index is 7.44. The SMILES string of the molecule is [2H]C([2H])([2H])[C@@H]1Cc2ccccc2CCN1. The van der Waals surface area contributed by atoms with Gasteiger partial charge in [0.1, 0.15) is 0 Å². The minimum absolute atomic E-state index is 0.402. The molecule has 0 saturated carbocycles. The smallest absolute Gasteiger partial charge is 0.0246 e. The summed E-state index contributed by atoms with van der Waals surface area (Å²) in [6.07, 6.45) is 1.52. The fraction of sp³-hybridized carbons (Fsp3) is 0.455. The molecule has 2 rings (SSSR count). The Morgan fingerprint density at radius 1 is 1.42 bits per heavy atom. The normalized spacial score (nSPS) is 27.7. The van der Waals surface area contributed by atoms with Crippen LogP contribution in [0.1, 0.15) is 22.1 Å². The highest BCUT2D eigenvalue weighted by Crippen LogP contribution is 2.14. The average Bonchev–Trinajstić information content (AvgIpc) is 2.38. The molecule has 1 aromatic rings. The van der Waals surface area contributed by atoms with Crippen LogP contribution in [-0.2, 0) is 12.8 Å². The first-order chi connectivity index (χ1) is 7.07. The summed E-state index contributed by atoms with van der Waals surface area (Å²) < 4.78 is 22.3. The highest BCUT2D eigenvalue weighted by molar-refractivity contribution is 5.29. The highest BCUT2D eigenvalue weighted by Gasteiger charge is 2.10. The van der Waals surface area contributed by atoms with Gasteiger partial charge in [0.2, 0.25) is 0 Å². The molecule has 1 aromatic carbocycles. The van der Waals surface area contributed by atoms with E-state index in [-0.39, 0.29) is 0 Å². The Hall–Kier alpha value is -0.820. The van der Waals surface area contributed by atoms with Gasteiger partial charge in [-0.15, -0.1) is 0 Å². The molecule has 0 radical (unpaired) electrons. The molecule has 0 fully saturated rings. The summed E-state index contributed by atoms with van der Waals surface area (Å²) in [4.78, 5) is 0. The summed E-state index contributed by atoms with van der Waals surface area (Å²) >= 11 is 0. The molecular weight excluding hydrogens is 146 g/mol. The van der Waals surface area contributed by atoms with E-state index < -0.39 is 12.9 Å². The third-order valence-electron chi connectivity index (χ3n) is 2.33. The summed E-state index contributed by atoms with van der Waals surface area (Å²) in [5, 5.41) is 3.11. The van der Waals surface area contributed by atoms with Crippen LogP contribution >= 0.6 is 0 Å². The standard InChI is InChI=1S/C11H15N/c1-9-8-11-5-3-2-4-10(11)6-7-12-9/h2-5,9,12H,6-8H2,1H3/t9-/m1/s1/i1D3. The Labute approximate surface area is 78.0 Å². The van der Waals surface area contributed by atoms with Crippen molar-refractivity contribution in [3.63, 3.8) is 0 Å². The number of fused-ring (bicyclic) bond motifs is 1. The van der Waals surface area contributed by atoms with Gasteiger partial charge in [-0.3, -0.25) is 0 Å². The summed E-state index contributed by atoms with van der Waals surface area (Å²) in [6, 6.07) is 7.69. The molecule has 0 spiro atoms. The molecule has 0 unspecified atom stereocenters. The molecule has 1 aliphatic rings. The maximum Gasteiger partial charge on any atom is 0.0246 e. The maximum absolute atomic E-state index is 7.44. The minimum Gasteiger partial charge on any atom is -0.314 e. The lowest BCUT2D eigenvalue weighted by atomic mass is 10.0. The molecule has 1 aliphatic heterocycles. The van der Waals surface area contributed by atoms with Crippen molar-refractivity contribution in [1.82, 2.24) is 5.32 Å². The van der Waals surface area contributed by atoms with Crippen molar-refractivity contribution in [2.45, 2.75) is 25.7 Å². The second-order valence-corrected chi connectivity index (χ2v) is 3.23. The Bertz CT molecular complexity index is 346. The van der Waals surface area contributed by atoms with E-state index in [1.165, 1.54) is 11.1 Å². The van der Waals surface area contributed by atoms with Crippen molar-refractivity contribution in [3.8, 4) is 0 Å². The molecule has 12 heavy (non-hydrogen) atoms. The summed E-state index contributed by atoms with van der Waals surface area (Å²) in [6.45, 7) is -1.16. The molecule has 0 bridgehead atoms. The molecule has 0 amide bonds. The number of hydrogen-bond acceptors (Lipinski definition) is 1. The van der Waals surface area contributed by atoms with Crippen LogP contribution in [0.3, 0.4) is 0 Å². The summed E-state index contributed by atoms with van der Waals surface area (Å²) in [5.74, 6) is 0. The van der Waals surface area contributed by atoms with Gasteiger partial charge in [0.25, 0.3) is 0 Å². The van der Waals surface area contributed by atoms with Crippen molar-refractivity contribution in [1.29, 1.82) is 0 Å². The number of benzene rings is 1. The van der Waals surface area contributed by atoms with E-state index in [1.54, 1.807) is 0 Å². The Morgan fingerprint density at radius 3 is 3.08 bits per heavy atom. The van der Waals surface area contributed by atoms with E-state index in [1.807, 2.05) is 18.2 Å². The van der Waals surface area contributed by atoms with Crippen molar-refractivity contribution >= 4 is 0 Å². The molecule has 1 N–H and O–H groups in total. The quantitative estimate of drug-likeness (QED) is 0.616. The van der Waals surface area contributed by atoms with Crippen LogP contribution in [0.15, 0.2) is 24.3 Å². The van der Waals surface area contributed by atoms with Crippen LogP contribution in [-0.4, -0.2) is 12.6 Å². The van der Waals surface area contributed by atoms with E-state index in [0.717, 1.165) is 13.0 Å². The van der Waals surface area contributed by atoms with Crippen LogP contribution in [0.5, 0.6) is 0 Å². The van der Waals surface area contributed by atoms with E-state index in [0.29, 0.717) is 6.42 Å². The van der Waals surface area contributed by atoms with E-state index in [2.05, 4.69) is 11.4 Å². The minimum atomic E-state index is -1.91. The van der Waals surface area contributed by atoms with Gasteiger partial charge in [0.05, 0.1) is 0 Å². The molecule has 1 heterocycles. The number of hydrogen-bond donors (Lipinski definition) is 1. The average molecular weight is 164 g/mol. The first kappa shape index (κ1) is 5.03. The second-order valence-electron chi connectivity index (χ2n) is 3.23. The van der Waals surface area contributed by atoms with Crippen molar-refractivity contribution < 1.29 is 4.11 Å². The highest BCUT2D eigenvalue weighted by atomic mass is 14.9. The van der Waals surface area contributed by atoms with Crippen molar-refractivity contribution in [2.75, 3.05) is 6.54 Å². The predicted molar refractivity (Wildman–Crippen MR) is 51.3 cm³/mol. The Balaban J connectivity index is 2.25. The molecule has 0 saturated heterocycles. The first-order valence-electron chi connectivity index (χ1n) is 5.87. The van der Waals surface area contributed by atoms with Gasteiger partial charge < -0.3 is 5.32 Å². The fourth-order valence-corrected chi connectivity index (χ4v) is 1.67. The van der Waals surface area contributed by atoms with Crippen molar-refractivity contribution in [3.05, 3.63) is 35.4 Å². The fourth-order valence-electron chi connectivity index (χ4n) is 1.67. The molecule has 1 nitrogen and oxygen atoms in total. The molecular formula is C11H15N. The Morgan fingerprint density at radius 2 is 2.25 bits per heavy atom. The van der Waals surface area contributed by atoms with Crippen LogP contribution in [0, 0.1) is 0 Å². The van der Waals surface area contributed by atoms with Crippen LogP contribution in [0.2, 0.25) is 0 Å². The molecule has 0 aliphatic carbocycles. The lowest BCUT2D eigenvalue weighted by Gasteiger charge is -2.08. The van der Waals surface area contributed by atoms with Crippen molar-refractivity contribution in [2.24, 2.45) is 0 Å². The zero-order valence-electron chi connectivity index (χ0n) is 10.0. The first-order valence-corrected chi connectivity index (χ1v) is 4.37. The van der Waals surface area contributed by atoms with Gasteiger partial charge in [0, 0.05) is 10.2 Å². The monoisotopic (exact) mass is 164 g/mol. The third kappa shape index (κ3) is 1.51. The zero-order valence-corrected chi connectivity index (χ0v) is 7.01. The van der Waals surface area contributed by atoms with Gasteiger partial charge in [0.15, 0.2) is 0 Å². The second kappa shape index (κ2) is 3.28. The lowest BCUT2D eigenvalue weighted by molar-refractivity contribution is 0.568. The molecule has 1 heteroatoms. The zero-order chi connectivity index (χ0) is 10.9. The predicted octanol–water partition coefficient (Wildman–Crippen LogP) is 1.76. The van der Waals surface area contributed by atoms with Crippen LogP contribution in [0.4, 0.5) is 0 Å². The van der Waals surface area contributed by atoms with E-state index in [4.69, 9.17) is 4.11 Å². The summed E-state index contributed by atoms with van der Waals surface area (Å²) in [7, 11) is 0. The van der Waals surface area contributed by atoms with Gasteiger partial charge in [-0.05, 0) is 37.4 Å². The Kier molecular flexibility index (Phi) is 1.37. The molecule has 64 valence electrons. The van der Waals surface area contributed by atoms with Gasteiger partial charge in [-0.1, -0.05) is 24.3 Å². The van der Waals surface area contributed by atoms with E-state index >= 15 is 0 Å². The van der Waals surface area contributed by atoms with E-state index in [9.17, 15) is 0 Å². The van der Waals surface area contributed by atoms with Gasteiger partial charge in [-0.25, -0.2) is 0 Å². The number of nitrogens with one attached hydrogen (secondary N) is 1. The lowest BCUT2D eigenvalue weighted by Crippen LogP contribution is -2.27. The largest absolute Gasteiger partial charge is 0.314 e. The topological polar surface area (TPSA) is 12.0 Å². The molecule has 1 atom stereocenters. The third-order valence-corrected chi connectivity index (χ3v) is 2.33. The number of rotatable bonds is 0. The van der Waals surface area contributed by atoms with Gasteiger partial charge in [-0.2, -0.15) is 0 Å². The molecule has 0 aromatic heterocycles. The van der Waals surface area contributed by atoms with Gasteiger partial charge >= 0.3 is 0 Å². The summed E-state index contributed by atoms with van der Waals surface area (Å²) in [5.41, 5.74) is 2.44.